The Balaban J connectivity index is 2.14. The predicted octanol–water partition coefficient (Wildman–Crippen LogP) is 1.51. The lowest BCUT2D eigenvalue weighted by atomic mass is 9.80. The van der Waals surface area contributed by atoms with E-state index in [-0.39, 0.29) is 7.05 Å². The molecule has 2 nitrogen and oxygen atoms in total. The first-order valence-corrected chi connectivity index (χ1v) is 5.10. The Bertz CT molecular complexity index is 130. The molecule has 0 radical (unpaired) electrons. The Labute approximate surface area is 75.9 Å². The van der Waals surface area contributed by atoms with Gasteiger partial charge in [-0.2, -0.15) is 0 Å². The Hall–Kier alpha value is -0.0151. The van der Waals surface area contributed by atoms with Gasteiger partial charge in [0.05, 0.1) is 0 Å². The van der Waals surface area contributed by atoms with Gasteiger partial charge < -0.3 is 10.3 Å². The highest BCUT2D eigenvalue weighted by molar-refractivity contribution is 6.45. The Morgan fingerprint density at radius 2 is 2.25 bits per heavy atom. The SMILES string of the molecule is CB(O)NC[C@H]1CCC[C@@H](C)C1. The van der Waals surface area contributed by atoms with Gasteiger partial charge in [-0.1, -0.05) is 19.8 Å². The molecule has 0 spiro atoms. The fraction of sp³-hybridized carbons (Fsp3) is 1.00. The normalized spacial score (nSPS) is 30.2. The summed E-state index contributed by atoms with van der Waals surface area (Å²) in [6.07, 6.45) is 5.43. The Morgan fingerprint density at radius 3 is 2.83 bits per heavy atom. The third-order valence-corrected chi connectivity index (χ3v) is 2.75. The molecule has 0 aromatic carbocycles. The topological polar surface area (TPSA) is 32.3 Å². The minimum Gasteiger partial charge on any atom is -0.437 e. The highest BCUT2D eigenvalue weighted by atomic mass is 16.2. The van der Waals surface area contributed by atoms with Crippen LogP contribution in [0, 0.1) is 11.8 Å². The molecule has 12 heavy (non-hydrogen) atoms. The van der Waals surface area contributed by atoms with Crippen LogP contribution in [0.5, 0.6) is 0 Å². The molecule has 0 aliphatic heterocycles. The van der Waals surface area contributed by atoms with E-state index in [1.54, 1.807) is 6.82 Å². The molecular formula is C9H20BNO. The quantitative estimate of drug-likeness (QED) is 0.627. The summed E-state index contributed by atoms with van der Waals surface area (Å²) < 4.78 is 0. The van der Waals surface area contributed by atoms with Gasteiger partial charge in [0.25, 0.3) is 0 Å². The van der Waals surface area contributed by atoms with Gasteiger partial charge in [0.15, 0.2) is 0 Å². The van der Waals surface area contributed by atoms with Crippen LogP contribution in [0.1, 0.15) is 32.6 Å². The van der Waals surface area contributed by atoms with E-state index in [2.05, 4.69) is 12.2 Å². The maximum atomic E-state index is 9.04. The molecule has 2 atom stereocenters. The van der Waals surface area contributed by atoms with Crippen molar-refractivity contribution < 1.29 is 5.02 Å². The van der Waals surface area contributed by atoms with Gasteiger partial charge >= 0.3 is 7.05 Å². The van der Waals surface area contributed by atoms with Gasteiger partial charge in [0, 0.05) is 0 Å². The molecule has 0 bridgehead atoms. The highest BCUT2D eigenvalue weighted by Crippen LogP contribution is 2.27. The number of nitrogens with one attached hydrogen (secondary N) is 1. The summed E-state index contributed by atoms with van der Waals surface area (Å²) in [5.41, 5.74) is 0. The van der Waals surface area contributed by atoms with Crippen molar-refractivity contribution in [1.82, 2.24) is 5.23 Å². The summed E-state index contributed by atoms with van der Waals surface area (Å²) in [4.78, 5) is 0. The monoisotopic (exact) mass is 169 g/mol. The van der Waals surface area contributed by atoms with E-state index in [1.165, 1.54) is 25.7 Å². The molecule has 0 unspecified atom stereocenters. The average Bonchev–Trinajstić information content (AvgIpc) is 2.01. The van der Waals surface area contributed by atoms with E-state index in [0.29, 0.717) is 0 Å². The van der Waals surface area contributed by atoms with Crippen molar-refractivity contribution in [2.24, 2.45) is 11.8 Å². The smallest absolute Gasteiger partial charge is 0.373 e. The molecule has 1 aliphatic rings. The summed E-state index contributed by atoms with van der Waals surface area (Å²) in [7, 11) is -0.345. The van der Waals surface area contributed by atoms with Crippen molar-refractivity contribution in [3.05, 3.63) is 0 Å². The summed E-state index contributed by atoms with van der Waals surface area (Å²) in [5, 5.41) is 12.1. The molecule has 0 heterocycles. The fourth-order valence-corrected chi connectivity index (χ4v) is 2.08. The summed E-state index contributed by atoms with van der Waals surface area (Å²) in [5.74, 6) is 1.68. The van der Waals surface area contributed by atoms with Crippen molar-refractivity contribution in [2.45, 2.75) is 39.4 Å². The van der Waals surface area contributed by atoms with Gasteiger partial charge in [0.2, 0.25) is 0 Å². The van der Waals surface area contributed by atoms with Gasteiger partial charge in [-0.05, 0) is 38.0 Å². The van der Waals surface area contributed by atoms with Crippen LogP contribution in [-0.2, 0) is 0 Å². The van der Waals surface area contributed by atoms with Gasteiger partial charge in [-0.25, -0.2) is 0 Å². The average molecular weight is 169 g/mol. The van der Waals surface area contributed by atoms with Gasteiger partial charge in [-0.3, -0.25) is 0 Å². The van der Waals surface area contributed by atoms with E-state index in [4.69, 9.17) is 5.02 Å². The van der Waals surface area contributed by atoms with Crippen LogP contribution < -0.4 is 5.23 Å². The molecule has 1 aliphatic carbocycles. The predicted molar refractivity (Wildman–Crippen MR) is 53.0 cm³/mol. The summed E-state index contributed by atoms with van der Waals surface area (Å²) in [6.45, 7) is 5.10. The Morgan fingerprint density at radius 1 is 1.50 bits per heavy atom. The molecule has 2 N–H and O–H groups in total. The van der Waals surface area contributed by atoms with E-state index in [9.17, 15) is 0 Å². The van der Waals surface area contributed by atoms with Crippen LogP contribution >= 0.6 is 0 Å². The molecule has 1 rings (SSSR count). The van der Waals surface area contributed by atoms with E-state index >= 15 is 0 Å². The van der Waals surface area contributed by atoms with Crippen LogP contribution in [-0.4, -0.2) is 18.6 Å². The molecule has 70 valence electrons. The molecule has 1 fully saturated rings. The zero-order valence-electron chi connectivity index (χ0n) is 8.21. The van der Waals surface area contributed by atoms with E-state index in [1.807, 2.05) is 0 Å². The second kappa shape index (κ2) is 4.88. The van der Waals surface area contributed by atoms with Crippen LogP contribution in [0.4, 0.5) is 0 Å². The minimum absolute atomic E-state index is 0.345. The number of hydrogen-bond acceptors (Lipinski definition) is 2. The maximum Gasteiger partial charge on any atom is 0.373 e. The molecular weight excluding hydrogens is 149 g/mol. The van der Waals surface area contributed by atoms with Crippen LogP contribution in [0.15, 0.2) is 0 Å². The van der Waals surface area contributed by atoms with E-state index in [0.717, 1.165) is 18.4 Å². The zero-order chi connectivity index (χ0) is 8.97. The van der Waals surface area contributed by atoms with Gasteiger partial charge in [0.1, 0.15) is 0 Å². The summed E-state index contributed by atoms with van der Waals surface area (Å²) in [6, 6.07) is 0. The molecule has 0 aromatic heterocycles. The second-order valence-electron chi connectivity index (χ2n) is 4.22. The first kappa shape index (κ1) is 10.1. The van der Waals surface area contributed by atoms with Crippen molar-refractivity contribution in [3.63, 3.8) is 0 Å². The molecule has 1 saturated carbocycles. The minimum atomic E-state index is -0.345. The molecule has 3 heteroatoms. The van der Waals surface area contributed by atoms with Crippen molar-refractivity contribution in [1.29, 1.82) is 0 Å². The first-order chi connectivity index (χ1) is 5.68. The van der Waals surface area contributed by atoms with Crippen molar-refractivity contribution in [2.75, 3.05) is 6.54 Å². The van der Waals surface area contributed by atoms with Crippen molar-refractivity contribution in [3.8, 4) is 0 Å². The van der Waals surface area contributed by atoms with Gasteiger partial charge in [-0.15, -0.1) is 0 Å². The standard InChI is InChI=1S/C9H20BNO/c1-8-4-3-5-9(6-8)7-11-10(2)12/h8-9,11-12H,3-7H2,1-2H3/t8-,9+/m1/s1. The van der Waals surface area contributed by atoms with Crippen LogP contribution in [0.2, 0.25) is 6.82 Å². The maximum absolute atomic E-state index is 9.04. The fourth-order valence-electron chi connectivity index (χ4n) is 2.08. The summed E-state index contributed by atoms with van der Waals surface area (Å²) >= 11 is 0. The number of rotatable bonds is 3. The third-order valence-electron chi connectivity index (χ3n) is 2.75. The molecule has 0 amide bonds. The third kappa shape index (κ3) is 3.59. The lowest BCUT2D eigenvalue weighted by Crippen LogP contribution is -2.36. The highest BCUT2D eigenvalue weighted by Gasteiger charge is 2.18. The molecule has 0 aromatic rings. The van der Waals surface area contributed by atoms with Crippen LogP contribution in [0.25, 0.3) is 0 Å². The number of hydrogen-bond donors (Lipinski definition) is 2. The van der Waals surface area contributed by atoms with Crippen LogP contribution in [0.3, 0.4) is 0 Å². The lowest BCUT2D eigenvalue weighted by Gasteiger charge is -2.27. The Kier molecular flexibility index (Phi) is 4.09. The van der Waals surface area contributed by atoms with Crippen molar-refractivity contribution >= 4 is 7.05 Å². The molecule has 0 saturated heterocycles. The first-order valence-electron chi connectivity index (χ1n) is 5.10. The van der Waals surface area contributed by atoms with E-state index < -0.39 is 0 Å². The zero-order valence-corrected chi connectivity index (χ0v) is 8.21. The second-order valence-corrected chi connectivity index (χ2v) is 4.22. The lowest BCUT2D eigenvalue weighted by molar-refractivity contribution is 0.281. The largest absolute Gasteiger partial charge is 0.437 e.